The largest absolute Gasteiger partial charge is 0.369 e. The molecule has 0 atom stereocenters. The van der Waals surface area contributed by atoms with Crippen molar-refractivity contribution in [3.63, 3.8) is 0 Å². The number of sulfonamides is 1. The fourth-order valence-corrected chi connectivity index (χ4v) is 4.13. The minimum atomic E-state index is -3.13. The molecule has 3 rings (SSSR count). The zero-order valence-electron chi connectivity index (χ0n) is 15.9. The number of hydrogen-bond donors (Lipinski definition) is 1. The number of nitrogens with zero attached hydrogens (tertiary/aromatic N) is 2. The summed E-state index contributed by atoms with van der Waals surface area (Å²) in [6.07, 6.45) is 1.25. The lowest BCUT2D eigenvalue weighted by Gasteiger charge is -2.34. The van der Waals surface area contributed by atoms with Crippen LogP contribution < -0.4 is 10.2 Å². The van der Waals surface area contributed by atoms with Gasteiger partial charge >= 0.3 is 0 Å². The minimum absolute atomic E-state index is 0.123. The van der Waals surface area contributed by atoms with Gasteiger partial charge in [0.05, 0.1) is 6.26 Å². The van der Waals surface area contributed by atoms with E-state index in [4.69, 9.17) is 0 Å². The van der Waals surface area contributed by atoms with E-state index in [1.165, 1.54) is 10.6 Å². The normalized spacial score (nSPS) is 15.6. The molecule has 1 N–H and O–H groups in total. The SMILES string of the molecule is Cc1ccc(C(=O)Nc2ccc(N3CCN(S(C)(=O)=O)CC3)cc2)c(C)c1. The van der Waals surface area contributed by atoms with E-state index >= 15 is 0 Å². The summed E-state index contributed by atoms with van der Waals surface area (Å²) in [5, 5.41) is 2.93. The predicted molar refractivity (Wildman–Crippen MR) is 109 cm³/mol. The van der Waals surface area contributed by atoms with Crippen LogP contribution >= 0.6 is 0 Å². The quantitative estimate of drug-likeness (QED) is 0.876. The number of piperazine rings is 1. The van der Waals surface area contributed by atoms with Crippen LogP contribution in [-0.4, -0.2) is 51.1 Å². The molecule has 2 aromatic carbocycles. The molecule has 27 heavy (non-hydrogen) atoms. The minimum Gasteiger partial charge on any atom is -0.369 e. The van der Waals surface area contributed by atoms with Crippen LogP contribution in [0, 0.1) is 13.8 Å². The second kappa shape index (κ2) is 7.70. The second-order valence-electron chi connectivity index (χ2n) is 6.97. The summed E-state index contributed by atoms with van der Waals surface area (Å²) in [6.45, 7) is 6.22. The van der Waals surface area contributed by atoms with Gasteiger partial charge in [0, 0.05) is 43.1 Å². The van der Waals surface area contributed by atoms with Crippen molar-refractivity contribution in [2.75, 3.05) is 42.7 Å². The van der Waals surface area contributed by atoms with Crippen molar-refractivity contribution in [3.8, 4) is 0 Å². The summed E-state index contributed by atoms with van der Waals surface area (Å²) in [5.74, 6) is -0.123. The van der Waals surface area contributed by atoms with Crippen molar-refractivity contribution in [1.29, 1.82) is 0 Å². The van der Waals surface area contributed by atoms with Crippen LogP contribution in [0.15, 0.2) is 42.5 Å². The van der Waals surface area contributed by atoms with Crippen molar-refractivity contribution < 1.29 is 13.2 Å². The Morgan fingerprint density at radius 2 is 1.59 bits per heavy atom. The van der Waals surface area contributed by atoms with Gasteiger partial charge in [-0.3, -0.25) is 4.79 Å². The number of aryl methyl sites for hydroxylation is 2. The third kappa shape index (κ3) is 4.67. The first kappa shape index (κ1) is 19.4. The average molecular weight is 388 g/mol. The second-order valence-corrected chi connectivity index (χ2v) is 8.95. The van der Waals surface area contributed by atoms with Crippen LogP contribution in [0.25, 0.3) is 0 Å². The first-order chi connectivity index (χ1) is 12.7. The Hall–Kier alpha value is -2.38. The predicted octanol–water partition coefficient (Wildman–Crippen LogP) is 2.64. The number of rotatable bonds is 4. The average Bonchev–Trinajstić information content (AvgIpc) is 2.61. The third-order valence-electron chi connectivity index (χ3n) is 4.82. The van der Waals surface area contributed by atoms with Crippen LogP contribution in [0.1, 0.15) is 21.5 Å². The summed E-state index contributed by atoms with van der Waals surface area (Å²) >= 11 is 0. The Bertz CT molecular complexity index is 931. The zero-order chi connectivity index (χ0) is 19.6. The summed E-state index contributed by atoms with van der Waals surface area (Å²) in [6, 6.07) is 13.4. The molecule has 7 heteroatoms. The lowest BCUT2D eigenvalue weighted by atomic mass is 10.1. The van der Waals surface area contributed by atoms with Crippen molar-refractivity contribution in [3.05, 3.63) is 59.2 Å². The van der Waals surface area contributed by atoms with Crippen molar-refractivity contribution in [2.24, 2.45) is 0 Å². The molecule has 0 aliphatic carbocycles. The van der Waals surface area contributed by atoms with E-state index < -0.39 is 10.0 Å². The molecule has 0 bridgehead atoms. The van der Waals surface area contributed by atoms with Gasteiger partial charge in [-0.1, -0.05) is 17.7 Å². The lowest BCUT2D eigenvalue weighted by molar-refractivity contribution is 0.102. The fraction of sp³-hybridized carbons (Fsp3) is 0.350. The smallest absolute Gasteiger partial charge is 0.255 e. The van der Waals surface area contributed by atoms with Gasteiger partial charge in [-0.05, 0) is 49.7 Å². The Balaban J connectivity index is 1.63. The molecule has 1 aliphatic heterocycles. The first-order valence-corrected chi connectivity index (χ1v) is 10.8. The highest BCUT2D eigenvalue weighted by molar-refractivity contribution is 7.88. The van der Waals surface area contributed by atoms with Crippen molar-refractivity contribution in [2.45, 2.75) is 13.8 Å². The fourth-order valence-electron chi connectivity index (χ4n) is 3.30. The number of hydrogen-bond acceptors (Lipinski definition) is 4. The van der Waals surface area contributed by atoms with Gasteiger partial charge in [-0.2, -0.15) is 4.31 Å². The van der Waals surface area contributed by atoms with Crippen LogP contribution in [0.2, 0.25) is 0 Å². The maximum Gasteiger partial charge on any atom is 0.255 e. The van der Waals surface area contributed by atoms with E-state index in [1.807, 2.05) is 56.3 Å². The zero-order valence-corrected chi connectivity index (χ0v) is 16.7. The van der Waals surface area contributed by atoms with E-state index in [-0.39, 0.29) is 5.91 Å². The molecular weight excluding hydrogens is 362 g/mol. The monoisotopic (exact) mass is 387 g/mol. The van der Waals surface area contributed by atoms with E-state index in [0.29, 0.717) is 31.7 Å². The molecule has 144 valence electrons. The number of anilines is 2. The van der Waals surface area contributed by atoms with Gasteiger partial charge in [0.25, 0.3) is 5.91 Å². The van der Waals surface area contributed by atoms with Gasteiger partial charge in [0.2, 0.25) is 10.0 Å². The maximum atomic E-state index is 12.5. The number of nitrogens with one attached hydrogen (secondary N) is 1. The molecule has 6 nitrogen and oxygen atoms in total. The Morgan fingerprint density at radius 3 is 2.15 bits per heavy atom. The Kier molecular flexibility index (Phi) is 5.53. The third-order valence-corrected chi connectivity index (χ3v) is 6.13. The molecule has 1 fully saturated rings. The standard InChI is InChI=1S/C20H25N3O3S/c1-15-4-9-19(16(2)14-15)20(24)21-17-5-7-18(8-6-17)22-10-12-23(13-11-22)27(3,25)26/h4-9,14H,10-13H2,1-3H3,(H,21,24). The molecule has 0 spiro atoms. The van der Waals surface area contributed by atoms with E-state index in [2.05, 4.69) is 10.2 Å². The highest BCUT2D eigenvalue weighted by Crippen LogP contribution is 2.21. The molecule has 1 saturated heterocycles. The van der Waals surface area contributed by atoms with Gasteiger partial charge in [-0.15, -0.1) is 0 Å². The van der Waals surface area contributed by atoms with Crippen LogP contribution in [-0.2, 0) is 10.0 Å². The molecule has 0 unspecified atom stereocenters. The van der Waals surface area contributed by atoms with Crippen LogP contribution in [0.4, 0.5) is 11.4 Å². The summed E-state index contributed by atoms with van der Waals surface area (Å²) in [5.41, 5.74) is 4.50. The number of benzene rings is 2. The molecule has 0 aromatic heterocycles. The van der Waals surface area contributed by atoms with Gasteiger partial charge in [-0.25, -0.2) is 8.42 Å². The molecular formula is C20H25N3O3S. The number of carbonyl (C=O) groups excluding carboxylic acids is 1. The molecule has 1 heterocycles. The summed E-state index contributed by atoms with van der Waals surface area (Å²) in [7, 11) is -3.13. The first-order valence-electron chi connectivity index (χ1n) is 8.93. The Morgan fingerprint density at radius 1 is 0.963 bits per heavy atom. The maximum absolute atomic E-state index is 12.5. The highest BCUT2D eigenvalue weighted by atomic mass is 32.2. The molecule has 2 aromatic rings. The summed E-state index contributed by atoms with van der Waals surface area (Å²) < 4.78 is 24.7. The molecule has 1 aliphatic rings. The Labute approximate surface area is 160 Å². The summed E-state index contributed by atoms with van der Waals surface area (Å²) in [4.78, 5) is 14.6. The highest BCUT2D eigenvalue weighted by Gasteiger charge is 2.23. The van der Waals surface area contributed by atoms with Gasteiger partial charge < -0.3 is 10.2 Å². The lowest BCUT2D eigenvalue weighted by Crippen LogP contribution is -2.48. The van der Waals surface area contributed by atoms with E-state index in [9.17, 15) is 13.2 Å². The molecule has 1 amide bonds. The van der Waals surface area contributed by atoms with E-state index in [1.54, 1.807) is 0 Å². The topological polar surface area (TPSA) is 69.7 Å². The molecule has 0 saturated carbocycles. The van der Waals surface area contributed by atoms with Gasteiger partial charge in [0.15, 0.2) is 0 Å². The number of amides is 1. The van der Waals surface area contributed by atoms with Crippen molar-refractivity contribution in [1.82, 2.24) is 4.31 Å². The van der Waals surface area contributed by atoms with Crippen molar-refractivity contribution >= 4 is 27.3 Å². The van der Waals surface area contributed by atoms with E-state index in [0.717, 1.165) is 22.5 Å². The number of carbonyl (C=O) groups is 1. The van der Waals surface area contributed by atoms with Crippen LogP contribution in [0.5, 0.6) is 0 Å². The van der Waals surface area contributed by atoms with Crippen LogP contribution in [0.3, 0.4) is 0 Å². The van der Waals surface area contributed by atoms with Gasteiger partial charge in [0.1, 0.15) is 0 Å². The molecule has 0 radical (unpaired) electrons.